The van der Waals surface area contributed by atoms with E-state index in [0.717, 1.165) is 35.3 Å². The molecule has 5 heteroatoms. The van der Waals surface area contributed by atoms with Gasteiger partial charge < -0.3 is 25.7 Å². The second-order valence-electron chi connectivity index (χ2n) is 4.99. The second kappa shape index (κ2) is 6.34. The summed E-state index contributed by atoms with van der Waals surface area (Å²) in [5, 5.41) is 40.5. The maximum Gasteiger partial charge on any atom is 0.0811 e. The summed E-state index contributed by atoms with van der Waals surface area (Å²) in [6, 6.07) is 3.88. The molecule has 1 heterocycles. The number of aliphatic hydroxyl groups is 4. The Morgan fingerprint density at radius 2 is 1.74 bits per heavy atom. The van der Waals surface area contributed by atoms with E-state index >= 15 is 0 Å². The van der Waals surface area contributed by atoms with E-state index < -0.39 is 12.2 Å². The molecule has 106 valence electrons. The summed E-state index contributed by atoms with van der Waals surface area (Å²) < 4.78 is 0. The van der Waals surface area contributed by atoms with Gasteiger partial charge in [0.05, 0.1) is 25.4 Å². The molecule has 0 saturated carbocycles. The minimum atomic E-state index is -0.794. The largest absolute Gasteiger partial charge is 0.394 e. The smallest absolute Gasteiger partial charge is 0.0811 e. The lowest BCUT2D eigenvalue weighted by atomic mass is 9.91. The van der Waals surface area contributed by atoms with Crippen molar-refractivity contribution in [2.75, 3.05) is 25.1 Å². The minimum absolute atomic E-state index is 0.279. The van der Waals surface area contributed by atoms with Crippen LogP contribution in [0.2, 0.25) is 0 Å². The summed E-state index contributed by atoms with van der Waals surface area (Å²) >= 11 is 0. The lowest BCUT2D eigenvalue weighted by Crippen LogP contribution is -2.20. The molecule has 1 aromatic carbocycles. The average Bonchev–Trinajstić information content (AvgIpc) is 2.89. The Labute approximate surface area is 112 Å². The summed E-state index contributed by atoms with van der Waals surface area (Å²) in [5.74, 6) is 0. The molecule has 5 N–H and O–H groups in total. The maximum atomic E-state index is 9.68. The lowest BCUT2D eigenvalue weighted by Gasteiger charge is -2.18. The first-order chi connectivity index (χ1) is 9.15. The van der Waals surface area contributed by atoms with Gasteiger partial charge in [-0.1, -0.05) is 6.07 Å². The van der Waals surface area contributed by atoms with Crippen molar-refractivity contribution in [1.82, 2.24) is 0 Å². The average molecular weight is 267 g/mol. The SMILES string of the molecule is OCC(O)Cc1ccc2c(c1CC(O)CO)CCN2. The molecule has 0 radical (unpaired) electrons. The highest BCUT2D eigenvalue weighted by Crippen LogP contribution is 2.30. The molecule has 1 aliphatic heterocycles. The van der Waals surface area contributed by atoms with Crippen LogP contribution in [-0.2, 0) is 19.3 Å². The molecular formula is C14H21NO4. The summed E-state index contributed by atoms with van der Waals surface area (Å²) in [6.45, 7) is 0.306. The summed E-state index contributed by atoms with van der Waals surface area (Å²) in [6.07, 6.45) is 0.0207. The van der Waals surface area contributed by atoms with E-state index in [9.17, 15) is 10.2 Å². The molecule has 1 aliphatic rings. The van der Waals surface area contributed by atoms with Gasteiger partial charge in [-0.05, 0) is 29.2 Å². The van der Waals surface area contributed by atoms with Crippen molar-refractivity contribution in [2.24, 2.45) is 0 Å². The molecule has 0 bridgehead atoms. The standard InChI is InChI=1S/C14H21NO4/c16-7-10(18)5-9-1-2-14-12(3-4-15-14)13(9)6-11(19)8-17/h1-2,10-11,15-19H,3-8H2. The van der Waals surface area contributed by atoms with Gasteiger partial charge in [-0.15, -0.1) is 0 Å². The van der Waals surface area contributed by atoms with Crippen LogP contribution in [0, 0.1) is 0 Å². The van der Waals surface area contributed by atoms with E-state index in [1.165, 1.54) is 0 Å². The Morgan fingerprint density at radius 1 is 1.05 bits per heavy atom. The molecule has 19 heavy (non-hydrogen) atoms. The molecular weight excluding hydrogens is 246 g/mol. The van der Waals surface area contributed by atoms with E-state index in [4.69, 9.17) is 10.2 Å². The van der Waals surface area contributed by atoms with Crippen LogP contribution in [0.5, 0.6) is 0 Å². The normalized spacial score (nSPS) is 16.8. The van der Waals surface area contributed by atoms with E-state index in [1.54, 1.807) is 0 Å². The number of nitrogens with one attached hydrogen (secondary N) is 1. The number of benzene rings is 1. The predicted octanol–water partition coefficient (Wildman–Crippen LogP) is -0.554. The molecule has 0 fully saturated rings. The Bertz CT molecular complexity index is 436. The highest BCUT2D eigenvalue weighted by Gasteiger charge is 2.20. The van der Waals surface area contributed by atoms with E-state index in [1.807, 2.05) is 12.1 Å². The molecule has 0 amide bonds. The topological polar surface area (TPSA) is 93.0 Å². The third kappa shape index (κ3) is 3.25. The highest BCUT2D eigenvalue weighted by atomic mass is 16.3. The first kappa shape index (κ1) is 14.3. The Morgan fingerprint density at radius 3 is 2.42 bits per heavy atom. The van der Waals surface area contributed by atoms with Gasteiger partial charge in [0, 0.05) is 25.1 Å². The number of hydrogen-bond acceptors (Lipinski definition) is 5. The highest BCUT2D eigenvalue weighted by molar-refractivity contribution is 5.61. The van der Waals surface area contributed by atoms with Crippen LogP contribution in [0.15, 0.2) is 12.1 Å². The number of rotatable bonds is 6. The van der Waals surface area contributed by atoms with Crippen molar-refractivity contribution in [1.29, 1.82) is 0 Å². The first-order valence-electron chi connectivity index (χ1n) is 6.61. The molecule has 2 unspecified atom stereocenters. The molecule has 5 nitrogen and oxygen atoms in total. The van der Waals surface area contributed by atoms with Crippen LogP contribution in [-0.4, -0.2) is 52.4 Å². The van der Waals surface area contributed by atoms with Crippen molar-refractivity contribution in [3.63, 3.8) is 0 Å². The fraction of sp³-hybridized carbons (Fsp3) is 0.571. The second-order valence-corrected chi connectivity index (χ2v) is 4.99. The van der Waals surface area contributed by atoms with Crippen molar-refractivity contribution in [3.05, 3.63) is 28.8 Å². The Kier molecular flexibility index (Phi) is 4.76. The molecule has 2 atom stereocenters. The quantitative estimate of drug-likeness (QED) is 0.477. The summed E-state index contributed by atoms with van der Waals surface area (Å²) in [5.41, 5.74) is 4.12. The molecule has 0 saturated heterocycles. The van der Waals surface area contributed by atoms with Crippen molar-refractivity contribution in [2.45, 2.75) is 31.5 Å². The van der Waals surface area contributed by atoms with Gasteiger partial charge >= 0.3 is 0 Å². The van der Waals surface area contributed by atoms with Crippen LogP contribution >= 0.6 is 0 Å². The molecule has 2 rings (SSSR count). The molecule has 0 spiro atoms. The summed E-state index contributed by atoms with van der Waals surface area (Å²) in [4.78, 5) is 0. The van der Waals surface area contributed by atoms with Crippen LogP contribution in [0.1, 0.15) is 16.7 Å². The number of hydrogen-bond donors (Lipinski definition) is 5. The lowest BCUT2D eigenvalue weighted by molar-refractivity contribution is 0.0911. The fourth-order valence-corrected chi connectivity index (χ4v) is 2.58. The third-order valence-corrected chi connectivity index (χ3v) is 3.54. The van der Waals surface area contributed by atoms with Gasteiger partial charge in [-0.3, -0.25) is 0 Å². The van der Waals surface area contributed by atoms with Gasteiger partial charge in [0.1, 0.15) is 0 Å². The zero-order valence-electron chi connectivity index (χ0n) is 10.8. The van der Waals surface area contributed by atoms with Gasteiger partial charge in [-0.25, -0.2) is 0 Å². The van der Waals surface area contributed by atoms with Gasteiger partial charge in [0.25, 0.3) is 0 Å². The number of aliphatic hydroxyl groups excluding tert-OH is 4. The van der Waals surface area contributed by atoms with Crippen molar-refractivity contribution < 1.29 is 20.4 Å². The molecule has 0 aromatic heterocycles. The third-order valence-electron chi connectivity index (χ3n) is 3.54. The maximum absolute atomic E-state index is 9.68. The minimum Gasteiger partial charge on any atom is -0.394 e. The van der Waals surface area contributed by atoms with Crippen LogP contribution in [0.4, 0.5) is 5.69 Å². The van der Waals surface area contributed by atoms with Crippen LogP contribution in [0.25, 0.3) is 0 Å². The van der Waals surface area contributed by atoms with E-state index in [2.05, 4.69) is 5.32 Å². The Hall–Kier alpha value is -1.14. The van der Waals surface area contributed by atoms with E-state index in [-0.39, 0.29) is 13.2 Å². The summed E-state index contributed by atoms with van der Waals surface area (Å²) in [7, 11) is 0. The van der Waals surface area contributed by atoms with E-state index in [0.29, 0.717) is 12.8 Å². The number of fused-ring (bicyclic) bond motifs is 1. The monoisotopic (exact) mass is 267 g/mol. The zero-order valence-corrected chi connectivity index (χ0v) is 10.8. The molecule has 1 aromatic rings. The predicted molar refractivity (Wildman–Crippen MR) is 72.2 cm³/mol. The molecule has 0 aliphatic carbocycles. The van der Waals surface area contributed by atoms with Gasteiger partial charge in [-0.2, -0.15) is 0 Å². The van der Waals surface area contributed by atoms with Crippen molar-refractivity contribution in [3.8, 4) is 0 Å². The van der Waals surface area contributed by atoms with Crippen LogP contribution < -0.4 is 5.32 Å². The number of anilines is 1. The fourth-order valence-electron chi connectivity index (χ4n) is 2.58. The Balaban J connectivity index is 2.31. The zero-order chi connectivity index (χ0) is 13.8. The first-order valence-corrected chi connectivity index (χ1v) is 6.61. The van der Waals surface area contributed by atoms with Crippen LogP contribution in [0.3, 0.4) is 0 Å². The van der Waals surface area contributed by atoms with Crippen molar-refractivity contribution >= 4 is 5.69 Å². The van der Waals surface area contributed by atoms with Gasteiger partial charge in [0.2, 0.25) is 0 Å². The van der Waals surface area contributed by atoms with Gasteiger partial charge in [0.15, 0.2) is 0 Å².